The van der Waals surface area contributed by atoms with Crippen LogP contribution in [0.3, 0.4) is 0 Å². The van der Waals surface area contributed by atoms with E-state index in [0.717, 1.165) is 19.3 Å². The van der Waals surface area contributed by atoms with Crippen LogP contribution in [0, 0.1) is 5.92 Å². The molecule has 0 N–H and O–H groups in total. The Bertz CT molecular complexity index is 258. The molecule has 4 nitrogen and oxygen atoms in total. The fraction of sp³-hybridized carbons (Fsp3) is 0.846. The third kappa shape index (κ3) is 7.77. The summed E-state index contributed by atoms with van der Waals surface area (Å²) >= 11 is 0. The van der Waals surface area contributed by atoms with Gasteiger partial charge >= 0.3 is 11.9 Å². The molecule has 17 heavy (non-hydrogen) atoms. The molecule has 1 atom stereocenters. The molecule has 0 rings (SSSR count). The summed E-state index contributed by atoms with van der Waals surface area (Å²) in [7, 11) is 0. The molecule has 0 aliphatic heterocycles. The Hall–Kier alpha value is -1.06. The van der Waals surface area contributed by atoms with Gasteiger partial charge in [0.25, 0.3) is 0 Å². The van der Waals surface area contributed by atoms with Crippen molar-refractivity contribution < 1.29 is 19.1 Å². The quantitative estimate of drug-likeness (QED) is 0.510. The van der Waals surface area contributed by atoms with Crippen molar-refractivity contribution in [2.24, 2.45) is 5.92 Å². The summed E-state index contributed by atoms with van der Waals surface area (Å²) in [6, 6.07) is 0. The zero-order valence-electron chi connectivity index (χ0n) is 11.5. The van der Waals surface area contributed by atoms with Crippen molar-refractivity contribution in [3.63, 3.8) is 0 Å². The second-order valence-electron chi connectivity index (χ2n) is 4.93. The fourth-order valence-corrected chi connectivity index (χ4v) is 1.59. The second-order valence-corrected chi connectivity index (χ2v) is 4.93. The monoisotopic (exact) mass is 244 g/mol. The van der Waals surface area contributed by atoms with Crippen LogP contribution in [-0.4, -0.2) is 24.1 Å². The molecule has 0 fully saturated rings. The van der Waals surface area contributed by atoms with E-state index < -0.39 is 5.60 Å². The van der Waals surface area contributed by atoms with Crippen molar-refractivity contribution in [2.75, 3.05) is 6.61 Å². The zero-order chi connectivity index (χ0) is 13.5. The van der Waals surface area contributed by atoms with E-state index in [0.29, 0.717) is 6.61 Å². The SMILES string of the molecule is CC(=O)OCCCCC(C)C(C)(C)OC(C)=O. The average molecular weight is 244 g/mol. The highest BCUT2D eigenvalue weighted by Crippen LogP contribution is 2.25. The Balaban J connectivity index is 3.80. The van der Waals surface area contributed by atoms with E-state index in [9.17, 15) is 9.59 Å². The van der Waals surface area contributed by atoms with Gasteiger partial charge in [-0.1, -0.05) is 6.92 Å². The van der Waals surface area contributed by atoms with E-state index in [-0.39, 0.29) is 17.9 Å². The fourth-order valence-electron chi connectivity index (χ4n) is 1.59. The van der Waals surface area contributed by atoms with E-state index in [4.69, 9.17) is 9.47 Å². The molecule has 0 aromatic rings. The highest BCUT2D eigenvalue weighted by atomic mass is 16.6. The van der Waals surface area contributed by atoms with Crippen molar-refractivity contribution in [3.05, 3.63) is 0 Å². The van der Waals surface area contributed by atoms with Gasteiger partial charge in [-0.25, -0.2) is 0 Å². The van der Waals surface area contributed by atoms with Gasteiger partial charge in [-0.05, 0) is 39.0 Å². The molecule has 1 unspecified atom stereocenters. The summed E-state index contributed by atoms with van der Waals surface area (Å²) in [5, 5.41) is 0. The minimum atomic E-state index is -0.437. The molecule has 0 heterocycles. The predicted molar refractivity (Wildman–Crippen MR) is 65.5 cm³/mol. The van der Waals surface area contributed by atoms with Gasteiger partial charge in [0.15, 0.2) is 0 Å². The molecule has 100 valence electrons. The van der Waals surface area contributed by atoms with Crippen LogP contribution in [0.2, 0.25) is 0 Å². The van der Waals surface area contributed by atoms with Crippen molar-refractivity contribution >= 4 is 11.9 Å². The molecule has 0 aromatic carbocycles. The van der Waals surface area contributed by atoms with Crippen molar-refractivity contribution in [1.82, 2.24) is 0 Å². The molecule has 0 saturated carbocycles. The molecule has 0 amide bonds. The van der Waals surface area contributed by atoms with Crippen LogP contribution in [0.1, 0.15) is 53.9 Å². The summed E-state index contributed by atoms with van der Waals surface area (Å²) in [6.07, 6.45) is 2.75. The average Bonchev–Trinajstić information content (AvgIpc) is 2.14. The molecule has 0 radical (unpaired) electrons. The van der Waals surface area contributed by atoms with Gasteiger partial charge in [-0.15, -0.1) is 0 Å². The Kier molecular flexibility index (Phi) is 6.85. The largest absolute Gasteiger partial charge is 0.466 e. The van der Waals surface area contributed by atoms with Crippen LogP contribution in [0.15, 0.2) is 0 Å². The van der Waals surface area contributed by atoms with Crippen LogP contribution in [0.25, 0.3) is 0 Å². The Morgan fingerprint density at radius 2 is 1.71 bits per heavy atom. The number of ether oxygens (including phenoxy) is 2. The van der Waals surface area contributed by atoms with Crippen molar-refractivity contribution in [2.45, 2.75) is 59.5 Å². The lowest BCUT2D eigenvalue weighted by atomic mass is 9.88. The first kappa shape index (κ1) is 15.9. The predicted octanol–water partition coefficient (Wildman–Crippen LogP) is 2.70. The van der Waals surface area contributed by atoms with E-state index in [1.807, 2.05) is 13.8 Å². The van der Waals surface area contributed by atoms with Gasteiger partial charge < -0.3 is 9.47 Å². The molecule has 0 spiro atoms. The van der Waals surface area contributed by atoms with Crippen LogP contribution in [0.4, 0.5) is 0 Å². The van der Waals surface area contributed by atoms with Gasteiger partial charge in [0.2, 0.25) is 0 Å². The summed E-state index contributed by atoms with van der Waals surface area (Å²) < 4.78 is 10.1. The zero-order valence-corrected chi connectivity index (χ0v) is 11.5. The second kappa shape index (κ2) is 7.30. The van der Waals surface area contributed by atoms with Crippen LogP contribution in [0.5, 0.6) is 0 Å². The van der Waals surface area contributed by atoms with Gasteiger partial charge in [0.1, 0.15) is 5.60 Å². The number of carbonyl (C=O) groups excluding carboxylic acids is 2. The minimum Gasteiger partial charge on any atom is -0.466 e. The highest BCUT2D eigenvalue weighted by Gasteiger charge is 2.28. The maximum Gasteiger partial charge on any atom is 0.303 e. The summed E-state index contributed by atoms with van der Waals surface area (Å²) in [5.41, 5.74) is -0.437. The first-order valence-corrected chi connectivity index (χ1v) is 6.08. The molecule has 4 heteroatoms. The van der Waals surface area contributed by atoms with E-state index >= 15 is 0 Å². The smallest absolute Gasteiger partial charge is 0.303 e. The number of hydrogen-bond donors (Lipinski definition) is 0. The topological polar surface area (TPSA) is 52.6 Å². The van der Waals surface area contributed by atoms with E-state index in [2.05, 4.69) is 6.92 Å². The standard InChI is InChI=1S/C13H24O4/c1-10(13(4,5)17-12(3)15)8-6-7-9-16-11(2)14/h10H,6-9H2,1-5H3. The number of esters is 2. The molecule has 0 bridgehead atoms. The molecule has 0 saturated heterocycles. The van der Waals surface area contributed by atoms with Gasteiger partial charge in [-0.2, -0.15) is 0 Å². The van der Waals surface area contributed by atoms with Gasteiger partial charge in [0.05, 0.1) is 6.61 Å². The normalized spacial score (nSPS) is 13.0. The Morgan fingerprint density at radius 1 is 1.12 bits per heavy atom. The first-order valence-electron chi connectivity index (χ1n) is 6.08. The number of rotatable bonds is 7. The van der Waals surface area contributed by atoms with Crippen molar-refractivity contribution in [3.8, 4) is 0 Å². The van der Waals surface area contributed by atoms with Gasteiger partial charge in [0, 0.05) is 13.8 Å². The maximum absolute atomic E-state index is 10.9. The Labute approximate surface area is 104 Å². The van der Waals surface area contributed by atoms with Crippen LogP contribution >= 0.6 is 0 Å². The third-order valence-electron chi connectivity index (χ3n) is 2.93. The lowest BCUT2D eigenvalue weighted by Gasteiger charge is -2.31. The number of unbranched alkanes of at least 4 members (excludes halogenated alkanes) is 1. The summed E-state index contributed by atoms with van der Waals surface area (Å²) in [4.78, 5) is 21.5. The summed E-state index contributed by atoms with van der Waals surface area (Å²) in [5.74, 6) is -0.205. The molecular formula is C13H24O4. The molecule has 0 aliphatic rings. The van der Waals surface area contributed by atoms with Crippen LogP contribution < -0.4 is 0 Å². The number of hydrogen-bond acceptors (Lipinski definition) is 4. The van der Waals surface area contributed by atoms with Crippen molar-refractivity contribution in [1.29, 1.82) is 0 Å². The molecule has 0 aliphatic carbocycles. The van der Waals surface area contributed by atoms with Crippen LogP contribution in [-0.2, 0) is 19.1 Å². The van der Waals surface area contributed by atoms with Gasteiger partial charge in [-0.3, -0.25) is 9.59 Å². The lowest BCUT2D eigenvalue weighted by Crippen LogP contribution is -2.34. The highest BCUT2D eigenvalue weighted by molar-refractivity contribution is 5.66. The molecule has 0 aromatic heterocycles. The lowest BCUT2D eigenvalue weighted by molar-refractivity contribution is -0.158. The maximum atomic E-state index is 10.9. The van der Waals surface area contributed by atoms with E-state index in [1.54, 1.807) is 0 Å². The Morgan fingerprint density at radius 3 is 2.18 bits per heavy atom. The first-order chi connectivity index (χ1) is 7.75. The minimum absolute atomic E-state index is 0.238. The third-order valence-corrected chi connectivity index (χ3v) is 2.93. The summed E-state index contributed by atoms with van der Waals surface area (Å²) in [6.45, 7) is 9.21. The molecular weight excluding hydrogens is 220 g/mol. The number of carbonyl (C=O) groups is 2. The van der Waals surface area contributed by atoms with E-state index in [1.165, 1.54) is 13.8 Å².